The van der Waals surface area contributed by atoms with Crippen molar-refractivity contribution in [1.29, 1.82) is 0 Å². The summed E-state index contributed by atoms with van der Waals surface area (Å²) in [6.45, 7) is 1.89. The average molecular weight is 476 g/mol. The molecular formula is C27H26ClN3O3. The van der Waals surface area contributed by atoms with E-state index in [1.165, 1.54) is 0 Å². The SMILES string of the molecule is COc1ccc(OCCCn2c([C@@H]3CC(=O)N(c4ccccc4Cl)C3)nc3ccccc32)cc1. The van der Waals surface area contributed by atoms with Gasteiger partial charge in [-0.15, -0.1) is 0 Å². The maximum Gasteiger partial charge on any atom is 0.227 e. The van der Waals surface area contributed by atoms with Crippen LogP contribution in [0.1, 0.15) is 24.6 Å². The number of aromatic nitrogens is 2. The molecule has 4 aromatic rings. The number of halogens is 1. The molecule has 0 unspecified atom stereocenters. The Hall–Kier alpha value is -3.51. The van der Waals surface area contributed by atoms with E-state index < -0.39 is 0 Å². The minimum Gasteiger partial charge on any atom is -0.497 e. The van der Waals surface area contributed by atoms with Gasteiger partial charge in [0.25, 0.3) is 0 Å². The van der Waals surface area contributed by atoms with Crippen molar-refractivity contribution in [2.24, 2.45) is 0 Å². The van der Waals surface area contributed by atoms with Crippen molar-refractivity contribution in [3.63, 3.8) is 0 Å². The number of rotatable bonds is 8. The van der Waals surface area contributed by atoms with E-state index in [2.05, 4.69) is 10.6 Å². The molecule has 34 heavy (non-hydrogen) atoms. The van der Waals surface area contributed by atoms with Crippen molar-refractivity contribution in [3.05, 3.63) is 83.6 Å². The van der Waals surface area contributed by atoms with Gasteiger partial charge >= 0.3 is 0 Å². The third kappa shape index (κ3) is 4.46. The molecule has 5 rings (SSSR count). The number of aryl methyl sites for hydroxylation is 1. The Morgan fingerprint density at radius 3 is 2.53 bits per heavy atom. The van der Waals surface area contributed by atoms with Gasteiger partial charge in [-0.3, -0.25) is 4.79 Å². The molecule has 0 bridgehead atoms. The molecule has 1 saturated heterocycles. The van der Waals surface area contributed by atoms with Crippen LogP contribution in [0.5, 0.6) is 11.5 Å². The highest BCUT2D eigenvalue weighted by molar-refractivity contribution is 6.33. The van der Waals surface area contributed by atoms with Crippen LogP contribution in [0.2, 0.25) is 5.02 Å². The van der Waals surface area contributed by atoms with Crippen molar-refractivity contribution < 1.29 is 14.3 Å². The summed E-state index contributed by atoms with van der Waals surface area (Å²) in [5.41, 5.74) is 2.77. The largest absolute Gasteiger partial charge is 0.497 e. The Morgan fingerprint density at radius 2 is 1.74 bits per heavy atom. The quantitative estimate of drug-likeness (QED) is 0.307. The number of para-hydroxylation sites is 3. The van der Waals surface area contributed by atoms with Crippen LogP contribution < -0.4 is 14.4 Å². The average Bonchev–Trinajstić information content (AvgIpc) is 3.43. The van der Waals surface area contributed by atoms with Crippen LogP contribution in [0.3, 0.4) is 0 Å². The standard InChI is InChI=1S/C27H26ClN3O3/c1-33-20-11-13-21(14-12-20)34-16-6-15-30-25-10-5-3-8-23(25)29-27(30)19-17-26(32)31(18-19)24-9-4-2-7-22(24)28/h2-5,7-14,19H,6,15-18H2,1H3/t19-/m1/s1. The molecular weight excluding hydrogens is 450 g/mol. The Balaban J connectivity index is 1.33. The summed E-state index contributed by atoms with van der Waals surface area (Å²) in [6.07, 6.45) is 1.23. The summed E-state index contributed by atoms with van der Waals surface area (Å²) >= 11 is 6.38. The molecule has 1 fully saturated rings. The lowest BCUT2D eigenvalue weighted by Gasteiger charge is -2.18. The summed E-state index contributed by atoms with van der Waals surface area (Å²) in [5.74, 6) is 2.62. The van der Waals surface area contributed by atoms with Crippen molar-refractivity contribution in [3.8, 4) is 11.5 Å². The molecule has 0 saturated carbocycles. The Morgan fingerprint density at radius 1 is 1.00 bits per heavy atom. The second-order valence-electron chi connectivity index (χ2n) is 8.34. The number of carbonyl (C=O) groups excluding carboxylic acids is 1. The fourth-order valence-electron chi connectivity index (χ4n) is 4.51. The van der Waals surface area contributed by atoms with Crippen molar-refractivity contribution in [2.75, 3.05) is 25.2 Å². The van der Waals surface area contributed by atoms with Crippen LogP contribution >= 0.6 is 11.6 Å². The highest BCUT2D eigenvalue weighted by Gasteiger charge is 2.35. The summed E-state index contributed by atoms with van der Waals surface area (Å²) in [6, 6.07) is 23.2. The number of carbonyl (C=O) groups is 1. The zero-order valence-corrected chi connectivity index (χ0v) is 19.7. The van der Waals surface area contributed by atoms with E-state index in [4.69, 9.17) is 26.1 Å². The molecule has 0 radical (unpaired) electrons. The zero-order valence-electron chi connectivity index (χ0n) is 19.0. The van der Waals surface area contributed by atoms with Gasteiger partial charge in [0.2, 0.25) is 5.91 Å². The molecule has 1 amide bonds. The number of fused-ring (bicyclic) bond motifs is 1. The molecule has 0 N–H and O–H groups in total. The number of benzene rings is 3. The van der Waals surface area contributed by atoms with E-state index >= 15 is 0 Å². The van der Waals surface area contributed by atoms with Crippen LogP contribution in [-0.2, 0) is 11.3 Å². The predicted molar refractivity (Wildman–Crippen MR) is 134 cm³/mol. The molecule has 0 spiro atoms. The van der Waals surface area contributed by atoms with Crippen LogP contribution in [0, 0.1) is 0 Å². The van der Waals surface area contributed by atoms with Crippen LogP contribution in [0.4, 0.5) is 5.69 Å². The summed E-state index contributed by atoms with van der Waals surface area (Å²) in [4.78, 5) is 19.6. The topological polar surface area (TPSA) is 56.6 Å². The zero-order chi connectivity index (χ0) is 23.5. The van der Waals surface area contributed by atoms with E-state index in [1.54, 1.807) is 12.0 Å². The maximum atomic E-state index is 12.9. The van der Waals surface area contributed by atoms with E-state index in [-0.39, 0.29) is 11.8 Å². The smallest absolute Gasteiger partial charge is 0.227 e. The van der Waals surface area contributed by atoms with Gasteiger partial charge in [0.15, 0.2) is 0 Å². The molecule has 1 aliphatic heterocycles. The Kier molecular flexibility index (Phi) is 6.41. The van der Waals surface area contributed by atoms with E-state index in [0.717, 1.165) is 47.0 Å². The third-order valence-corrected chi connectivity index (χ3v) is 6.49. The number of nitrogens with zero attached hydrogens (tertiary/aromatic N) is 3. The van der Waals surface area contributed by atoms with Gasteiger partial charge in [-0.05, 0) is 55.0 Å². The van der Waals surface area contributed by atoms with Crippen molar-refractivity contribution >= 4 is 34.2 Å². The van der Waals surface area contributed by atoms with Gasteiger partial charge < -0.3 is 18.9 Å². The lowest BCUT2D eigenvalue weighted by Crippen LogP contribution is -2.24. The second kappa shape index (κ2) is 9.77. The molecule has 6 nitrogen and oxygen atoms in total. The maximum absolute atomic E-state index is 12.9. The van der Waals surface area contributed by atoms with Gasteiger partial charge in [-0.1, -0.05) is 35.9 Å². The van der Waals surface area contributed by atoms with Crippen LogP contribution in [-0.4, -0.2) is 35.7 Å². The minimum absolute atomic E-state index is 0.00122. The van der Waals surface area contributed by atoms with Gasteiger partial charge in [0.05, 0.1) is 35.5 Å². The van der Waals surface area contributed by atoms with Gasteiger partial charge in [0, 0.05) is 25.4 Å². The van der Waals surface area contributed by atoms with E-state index in [1.807, 2.05) is 66.7 Å². The van der Waals surface area contributed by atoms with Gasteiger partial charge in [-0.2, -0.15) is 0 Å². The number of amides is 1. The molecule has 2 heterocycles. The number of anilines is 1. The van der Waals surface area contributed by atoms with Crippen LogP contribution in [0.15, 0.2) is 72.8 Å². The highest BCUT2D eigenvalue weighted by atomic mass is 35.5. The molecule has 1 atom stereocenters. The number of methoxy groups -OCH3 is 1. The first-order chi connectivity index (χ1) is 16.6. The number of imidazole rings is 1. The minimum atomic E-state index is -0.00122. The monoisotopic (exact) mass is 475 g/mol. The molecule has 174 valence electrons. The number of hydrogen-bond donors (Lipinski definition) is 0. The number of ether oxygens (including phenoxy) is 2. The first-order valence-corrected chi connectivity index (χ1v) is 11.8. The fraction of sp³-hybridized carbons (Fsp3) is 0.259. The van der Waals surface area contributed by atoms with Crippen LogP contribution in [0.25, 0.3) is 11.0 Å². The van der Waals surface area contributed by atoms with Crippen molar-refractivity contribution in [1.82, 2.24) is 9.55 Å². The summed E-state index contributed by atoms with van der Waals surface area (Å²) in [7, 11) is 1.65. The number of hydrogen-bond acceptors (Lipinski definition) is 4. The van der Waals surface area contributed by atoms with Crippen molar-refractivity contribution in [2.45, 2.75) is 25.3 Å². The first kappa shape index (κ1) is 22.3. The molecule has 0 aliphatic carbocycles. The third-order valence-electron chi connectivity index (χ3n) is 6.17. The molecule has 3 aromatic carbocycles. The second-order valence-corrected chi connectivity index (χ2v) is 8.75. The van der Waals surface area contributed by atoms with E-state index in [9.17, 15) is 4.79 Å². The summed E-state index contributed by atoms with van der Waals surface area (Å²) < 4.78 is 13.4. The lowest BCUT2D eigenvalue weighted by molar-refractivity contribution is -0.117. The lowest BCUT2D eigenvalue weighted by atomic mass is 10.1. The first-order valence-electron chi connectivity index (χ1n) is 11.4. The molecule has 1 aliphatic rings. The van der Waals surface area contributed by atoms with Gasteiger partial charge in [-0.25, -0.2) is 4.98 Å². The molecule has 7 heteroatoms. The summed E-state index contributed by atoms with van der Waals surface area (Å²) in [5, 5.41) is 0.584. The van der Waals surface area contributed by atoms with Gasteiger partial charge in [0.1, 0.15) is 17.3 Å². The highest BCUT2D eigenvalue weighted by Crippen LogP contribution is 2.36. The molecule has 1 aromatic heterocycles. The van der Waals surface area contributed by atoms with E-state index in [0.29, 0.717) is 24.6 Å². The Labute approximate surface area is 203 Å². The fourth-order valence-corrected chi connectivity index (χ4v) is 4.75. The predicted octanol–water partition coefficient (Wildman–Crippen LogP) is 5.69. The Bertz CT molecular complexity index is 1300. The normalized spacial score (nSPS) is 15.8.